The summed E-state index contributed by atoms with van der Waals surface area (Å²) in [5.74, 6) is -0.588. The molecule has 0 aromatic heterocycles. The van der Waals surface area contributed by atoms with Crippen molar-refractivity contribution >= 4 is 34.4 Å². The molecule has 3 aliphatic heterocycles. The van der Waals surface area contributed by atoms with Crippen molar-refractivity contribution in [3.8, 4) is 0 Å². The predicted octanol–water partition coefficient (Wildman–Crippen LogP) is 1.65. The van der Waals surface area contributed by atoms with Gasteiger partial charge in [-0.15, -0.1) is 12.4 Å². The number of amides is 2. The number of hydrogen-bond acceptors (Lipinski definition) is 6. The highest BCUT2D eigenvalue weighted by Gasteiger charge is 2.40. The normalized spacial score (nSPS) is 25.5. The summed E-state index contributed by atoms with van der Waals surface area (Å²) in [5, 5.41) is 15.8. The van der Waals surface area contributed by atoms with Crippen LogP contribution in [0.2, 0.25) is 0 Å². The fraction of sp³-hybridized carbons (Fsp3) is 0.909. The van der Waals surface area contributed by atoms with Gasteiger partial charge in [-0.3, -0.25) is 4.79 Å². The van der Waals surface area contributed by atoms with Gasteiger partial charge in [0.15, 0.2) is 0 Å². The number of rotatable bonds is 9. The van der Waals surface area contributed by atoms with Crippen LogP contribution in [0.3, 0.4) is 0 Å². The van der Waals surface area contributed by atoms with Gasteiger partial charge in [-0.2, -0.15) is 4.31 Å². The van der Waals surface area contributed by atoms with E-state index in [4.69, 9.17) is 4.74 Å². The highest BCUT2D eigenvalue weighted by atomic mass is 35.5. The first-order chi connectivity index (χ1) is 15.8. The summed E-state index contributed by atoms with van der Waals surface area (Å²) in [6, 6.07) is -1.66. The molecule has 3 fully saturated rings. The van der Waals surface area contributed by atoms with E-state index >= 15 is 0 Å². The minimum atomic E-state index is -3.69. The zero-order chi connectivity index (χ0) is 23.8. The monoisotopic (exact) mass is 524 g/mol. The average molecular weight is 525 g/mol. The molecule has 0 unspecified atom stereocenters. The fourth-order valence-electron chi connectivity index (χ4n) is 4.87. The number of nitrogens with zero attached hydrogens (tertiary/aromatic N) is 2. The topological polar surface area (TPSA) is 128 Å². The first kappa shape index (κ1) is 29.1. The first-order valence-electron chi connectivity index (χ1n) is 12.4. The second kappa shape index (κ2) is 13.8. The van der Waals surface area contributed by atoms with Crippen LogP contribution in [-0.2, 0) is 19.6 Å². The smallest absolute Gasteiger partial charge is 0.322 e. The molecule has 0 aliphatic carbocycles. The molecule has 0 bridgehead atoms. The molecule has 2 atom stereocenters. The van der Waals surface area contributed by atoms with Crippen LogP contribution in [0, 0.1) is 5.92 Å². The van der Waals surface area contributed by atoms with E-state index in [1.165, 1.54) is 0 Å². The standard InChI is InChI=1S/C22H40N4O6S.ClH/c1-2-3-14-33(30,31)26-15-18(4-5-20(26)21(27)28)24-22(29)25-12-8-19(9-13-25)32-16-17-6-10-23-11-7-17;/h17-20,23H,2-16H2,1H3,(H,24,29)(H,27,28);1H/t18-,20-;/m1./s1. The van der Waals surface area contributed by atoms with Crippen molar-refractivity contribution in [2.75, 3.05) is 45.1 Å². The molecule has 3 aliphatic rings. The third-order valence-electron chi connectivity index (χ3n) is 7.02. The number of urea groups is 1. The lowest BCUT2D eigenvalue weighted by molar-refractivity contribution is -0.142. The van der Waals surface area contributed by atoms with Crippen LogP contribution in [0.4, 0.5) is 4.79 Å². The number of likely N-dealkylation sites (tertiary alicyclic amines) is 1. The maximum absolute atomic E-state index is 12.8. The third-order valence-corrected chi connectivity index (χ3v) is 8.94. The highest BCUT2D eigenvalue weighted by molar-refractivity contribution is 7.89. The minimum Gasteiger partial charge on any atom is -0.480 e. The SMILES string of the molecule is CCCCS(=O)(=O)N1C[C@H](NC(=O)N2CCC(OCC3CCNCC3)CC2)CC[C@@H]1C(=O)O.Cl. The average Bonchev–Trinajstić information content (AvgIpc) is 2.82. The van der Waals surface area contributed by atoms with Gasteiger partial charge in [-0.1, -0.05) is 13.3 Å². The van der Waals surface area contributed by atoms with Crippen LogP contribution in [0.1, 0.15) is 58.3 Å². The molecule has 0 radical (unpaired) electrons. The van der Waals surface area contributed by atoms with Gasteiger partial charge in [0.25, 0.3) is 0 Å². The molecule has 34 heavy (non-hydrogen) atoms. The van der Waals surface area contributed by atoms with Gasteiger partial charge in [-0.25, -0.2) is 13.2 Å². The molecule has 0 aromatic carbocycles. The summed E-state index contributed by atoms with van der Waals surface area (Å²) < 4.78 is 32.6. The van der Waals surface area contributed by atoms with E-state index in [1.54, 1.807) is 4.90 Å². The van der Waals surface area contributed by atoms with Gasteiger partial charge in [0.1, 0.15) is 6.04 Å². The summed E-state index contributed by atoms with van der Waals surface area (Å²) >= 11 is 0. The van der Waals surface area contributed by atoms with Gasteiger partial charge < -0.3 is 25.4 Å². The van der Waals surface area contributed by atoms with E-state index in [-0.39, 0.29) is 43.3 Å². The van der Waals surface area contributed by atoms with Gasteiger partial charge in [0.05, 0.1) is 11.9 Å². The van der Waals surface area contributed by atoms with Crippen LogP contribution < -0.4 is 10.6 Å². The number of aliphatic carboxylic acids is 1. The van der Waals surface area contributed by atoms with Gasteiger partial charge in [0, 0.05) is 32.3 Å². The van der Waals surface area contributed by atoms with Crippen LogP contribution in [0.5, 0.6) is 0 Å². The molecular formula is C22H41ClN4O6S. The molecule has 3 rings (SSSR count). The number of carboxylic acids is 1. The van der Waals surface area contributed by atoms with Gasteiger partial charge >= 0.3 is 12.0 Å². The van der Waals surface area contributed by atoms with Crippen molar-refractivity contribution in [3.63, 3.8) is 0 Å². The summed E-state index contributed by atoms with van der Waals surface area (Å²) in [6.45, 7) is 6.00. The number of ether oxygens (including phenoxy) is 1. The Morgan fingerprint density at radius 1 is 1.09 bits per heavy atom. The Bertz CT molecular complexity index is 756. The fourth-order valence-corrected chi connectivity index (χ4v) is 6.75. The van der Waals surface area contributed by atoms with E-state index in [2.05, 4.69) is 10.6 Å². The predicted molar refractivity (Wildman–Crippen MR) is 132 cm³/mol. The number of piperidine rings is 3. The maximum Gasteiger partial charge on any atom is 0.322 e. The zero-order valence-electron chi connectivity index (χ0n) is 20.1. The van der Waals surface area contributed by atoms with E-state index in [9.17, 15) is 23.1 Å². The minimum absolute atomic E-state index is 0. The van der Waals surface area contributed by atoms with Crippen LogP contribution in [0.15, 0.2) is 0 Å². The Balaban J connectivity index is 0.00000408. The maximum atomic E-state index is 12.8. The second-order valence-corrected chi connectivity index (χ2v) is 11.6. The van der Waals surface area contributed by atoms with E-state index in [0.29, 0.717) is 38.3 Å². The zero-order valence-corrected chi connectivity index (χ0v) is 21.7. The summed E-state index contributed by atoms with van der Waals surface area (Å²) in [4.78, 5) is 26.2. The number of hydrogen-bond donors (Lipinski definition) is 3. The Hall–Kier alpha value is -1.14. The van der Waals surface area contributed by atoms with Crippen LogP contribution >= 0.6 is 12.4 Å². The molecule has 0 saturated carbocycles. The molecule has 12 heteroatoms. The molecule has 3 N–H and O–H groups in total. The highest BCUT2D eigenvalue weighted by Crippen LogP contribution is 2.23. The largest absolute Gasteiger partial charge is 0.480 e. The van der Waals surface area contributed by atoms with E-state index in [0.717, 1.165) is 49.7 Å². The van der Waals surface area contributed by atoms with Gasteiger partial charge in [-0.05, 0) is 64.0 Å². The van der Waals surface area contributed by atoms with Gasteiger partial charge in [0.2, 0.25) is 10.0 Å². The van der Waals surface area contributed by atoms with E-state index < -0.39 is 28.1 Å². The third kappa shape index (κ3) is 8.22. The molecule has 0 spiro atoms. The number of carbonyl (C=O) groups is 2. The lowest BCUT2D eigenvalue weighted by atomic mass is 9.99. The van der Waals surface area contributed by atoms with Crippen molar-refractivity contribution < 1.29 is 27.9 Å². The van der Waals surface area contributed by atoms with Crippen molar-refractivity contribution in [1.82, 2.24) is 19.8 Å². The molecule has 2 amide bonds. The Labute approximate surface area is 209 Å². The molecule has 10 nitrogen and oxygen atoms in total. The van der Waals surface area contributed by atoms with Crippen molar-refractivity contribution in [2.24, 2.45) is 5.92 Å². The number of unbranched alkanes of at least 4 members (excludes halogenated alkanes) is 1. The summed E-state index contributed by atoms with van der Waals surface area (Å²) in [7, 11) is -3.69. The number of carboxylic acid groups (broad SMARTS) is 1. The molecular weight excluding hydrogens is 484 g/mol. The lowest BCUT2D eigenvalue weighted by Gasteiger charge is -2.38. The quantitative estimate of drug-likeness (QED) is 0.418. The summed E-state index contributed by atoms with van der Waals surface area (Å²) in [6.07, 6.45) is 5.89. The molecule has 3 heterocycles. The Morgan fingerprint density at radius 3 is 2.38 bits per heavy atom. The first-order valence-corrected chi connectivity index (χ1v) is 14.0. The van der Waals surface area contributed by atoms with E-state index in [1.807, 2.05) is 6.92 Å². The lowest BCUT2D eigenvalue weighted by Crippen LogP contribution is -2.58. The Kier molecular flexibility index (Phi) is 11.8. The molecule has 198 valence electrons. The van der Waals surface area contributed by atoms with Crippen molar-refractivity contribution in [1.29, 1.82) is 0 Å². The van der Waals surface area contributed by atoms with Crippen molar-refractivity contribution in [2.45, 2.75) is 76.5 Å². The van der Waals surface area contributed by atoms with Crippen molar-refractivity contribution in [3.05, 3.63) is 0 Å². The number of sulfonamides is 1. The second-order valence-electron chi connectivity index (χ2n) is 9.53. The summed E-state index contributed by atoms with van der Waals surface area (Å²) in [5.41, 5.74) is 0. The number of halogens is 1. The molecule has 0 aromatic rings. The molecule has 3 saturated heterocycles. The number of nitrogens with one attached hydrogen (secondary N) is 2. The Morgan fingerprint density at radius 2 is 1.76 bits per heavy atom. The van der Waals surface area contributed by atoms with Crippen LogP contribution in [-0.4, -0.2) is 98.0 Å². The number of carbonyl (C=O) groups excluding carboxylic acids is 1. The van der Waals surface area contributed by atoms with Crippen LogP contribution in [0.25, 0.3) is 0 Å².